The number of fused-ring (bicyclic) bond motifs is 1. The fraction of sp³-hybridized carbons (Fsp3) is 0.364. The quantitative estimate of drug-likeness (QED) is 0.461. The molecule has 96 valence electrons. The molecule has 0 radical (unpaired) electrons. The molecule has 0 aromatic heterocycles. The minimum absolute atomic E-state index is 0.0549. The summed E-state index contributed by atoms with van der Waals surface area (Å²) in [4.78, 5) is 21.9. The van der Waals surface area contributed by atoms with Gasteiger partial charge in [0.15, 0.2) is 5.75 Å². The number of rotatable bonds is 3. The lowest BCUT2D eigenvalue weighted by Gasteiger charge is -2.18. The first kappa shape index (κ1) is 12.2. The van der Waals surface area contributed by atoms with E-state index in [4.69, 9.17) is 14.2 Å². The molecule has 0 amide bonds. The second kappa shape index (κ2) is 4.91. The summed E-state index contributed by atoms with van der Waals surface area (Å²) in [6.07, 6.45) is 0. The SMILES string of the molecule is CCOC(=O)c1cc2c(c([N+](=O)[O-])c1)OCCO2. The summed E-state index contributed by atoms with van der Waals surface area (Å²) < 4.78 is 15.2. The Kier molecular flexibility index (Phi) is 3.31. The van der Waals surface area contributed by atoms with Gasteiger partial charge in [-0.15, -0.1) is 0 Å². The van der Waals surface area contributed by atoms with E-state index in [1.807, 2.05) is 0 Å². The van der Waals surface area contributed by atoms with Crippen LogP contribution < -0.4 is 9.47 Å². The van der Waals surface area contributed by atoms with Crippen molar-refractivity contribution in [1.29, 1.82) is 0 Å². The lowest BCUT2D eigenvalue weighted by atomic mass is 10.1. The van der Waals surface area contributed by atoms with Gasteiger partial charge in [0, 0.05) is 6.07 Å². The van der Waals surface area contributed by atoms with Crippen LogP contribution in [0.3, 0.4) is 0 Å². The number of carbonyl (C=O) groups excluding carboxylic acids is 1. The molecular formula is C11H11NO6. The fourth-order valence-electron chi connectivity index (χ4n) is 1.60. The van der Waals surface area contributed by atoms with E-state index in [9.17, 15) is 14.9 Å². The number of hydrogen-bond donors (Lipinski definition) is 0. The van der Waals surface area contributed by atoms with Gasteiger partial charge in [-0.05, 0) is 13.0 Å². The topological polar surface area (TPSA) is 87.9 Å². The normalized spacial score (nSPS) is 12.9. The molecule has 0 atom stereocenters. The molecule has 0 aliphatic carbocycles. The van der Waals surface area contributed by atoms with Gasteiger partial charge in [-0.3, -0.25) is 10.1 Å². The van der Waals surface area contributed by atoms with E-state index in [0.29, 0.717) is 0 Å². The monoisotopic (exact) mass is 253 g/mol. The molecule has 1 aromatic carbocycles. The minimum Gasteiger partial charge on any atom is -0.486 e. The number of nitrogens with zero attached hydrogens (tertiary/aromatic N) is 1. The lowest BCUT2D eigenvalue weighted by molar-refractivity contribution is -0.386. The maximum absolute atomic E-state index is 11.6. The zero-order chi connectivity index (χ0) is 13.1. The van der Waals surface area contributed by atoms with Crippen LogP contribution in [0.1, 0.15) is 17.3 Å². The van der Waals surface area contributed by atoms with Crippen molar-refractivity contribution in [3.8, 4) is 11.5 Å². The van der Waals surface area contributed by atoms with E-state index in [0.717, 1.165) is 6.07 Å². The van der Waals surface area contributed by atoms with Crippen LogP contribution in [0.5, 0.6) is 11.5 Å². The van der Waals surface area contributed by atoms with Gasteiger partial charge in [-0.25, -0.2) is 4.79 Å². The molecule has 1 aliphatic rings. The van der Waals surface area contributed by atoms with Crippen LogP contribution in [-0.4, -0.2) is 30.7 Å². The molecule has 18 heavy (non-hydrogen) atoms. The number of nitro benzene ring substituents is 1. The van der Waals surface area contributed by atoms with Crippen molar-refractivity contribution >= 4 is 11.7 Å². The molecule has 1 heterocycles. The van der Waals surface area contributed by atoms with Crippen molar-refractivity contribution < 1.29 is 23.9 Å². The molecule has 1 aliphatic heterocycles. The summed E-state index contributed by atoms with van der Waals surface area (Å²) in [6.45, 7) is 2.38. The Bertz CT molecular complexity index is 499. The summed E-state index contributed by atoms with van der Waals surface area (Å²) in [5, 5.41) is 10.9. The van der Waals surface area contributed by atoms with Crippen LogP contribution in [0.25, 0.3) is 0 Å². The largest absolute Gasteiger partial charge is 0.486 e. The van der Waals surface area contributed by atoms with Crippen LogP contribution in [0, 0.1) is 10.1 Å². The Hall–Kier alpha value is -2.31. The van der Waals surface area contributed by atoms with Crippen molar-refractivity contribution in [2.75, 3.05) is 19.8 Å². The molecule has 7 nitrogen and oxygen atoms in total. The smallest absolute Gasteiger partial charge is 0.338 e. The van der Waals surface area contributed by atoms with Crippen LogP contribution in [0.15, 0.2) is 12.1 Å². The first-order valence-corrected chi connectivity index (χ1v) is 5.38. The zero-order valence-electron chi connectivity index (χ0n) is 9.67. The van der Waals surface area contributed by atoms with Gasteiger partial charge in [-0.2, -0.15) is 0 Å². The second-order valence-corrected chi connectivity index (χ2v) is 3.50. The van der Waals surface area contributed by atoms with E-state index >= 15 is 0 Å². The van der Waals surface area contributed by atoms with Crippen molar-refractivity contribution in [2.45, 2.75) is 6.92 Å². The summed E-state index contributed by atoms with van der Waals surface area (Å²) in [5.74, 6) is -0.379. The predicted octanol–water partition coefficient (Wildman–Crippen LogP) is 1.54. The maximum Gasteiger partial charge on any atom is 0.338 e. The Balaban J connectivity index is 2.48. The molecule has 0 bridgehead atoms. The minimum atomic E-state index is -0.627. The summed E-state index contributed by atoms with van der Waals surface area (Å²) >= 11 is 0. The van der Waals surface area contributed by atoms with Gasteiger partial charge in [0.1, 0.15) is 13.2 Å². The van der Waals surface area contributed by atoms with E-state index in [2.05, 4.69) is 0 Å². The molecule has 0 saturated carbocycles. The highest BCUT2D eigenvalue weighted by atomic mass is 16.6. The molecular weight excluding hydrogens is 242 g/mol. The van der Waals surface area contributed by atoms with Gasteiger partial charge in [0.2, 0.25) is 5.75 Å². The third-order valence-electron chi connectivity index (χ3n) is 2.33. The number of carbonyl (C=O) groups is 1. The molecule has 7 heteroatoms. The molecule has 0 fully saturated rings. The van der Waals surface area contributed by atoms with E-state index in [1.165, 1.54) is 6.07 Å². The summed E-state index contributed by atoms with van der Waals surface area (Å²) in [7, 11) is 0. The third kappa shape index (κ3) is 2.20. The zero-order valence-corrected chi connectivity index (χ0v) is 9.67. The standard InChI is InChI=1S/C11H11NO6/c1-2-16-11(13)7-5-8(12(14)15)10-9(6-7)17-3-4-18-10/h5-6H,2-4H2,1H3. The van der Waals surface area contributed by atoms with Crippen molar-refractivity contribution in [3.63, 3.8) is 0 Å². The average molecular weight is 253 g/mol. The predicted molar refractivity (Wildman–Crippen MR) is 60.0 cm³/mol. The third-order valence-corrected chi connectivity index (χ3v) is 2.33. The summed E-state index contributed by atoms with van der Waals surface area (Å²) in [5.41, 5.74) is -0.219. The molecule has 0 unspecified atom stereocenters. The van der Waals surface area contributed by atoms with Gasteiger partial charge in [0.05, 0.1) is 17.1 Å². The molecule has 0 spiro atoms. The van der Waals surface area contributed by atoms with Crippen molar-refractivity contribution in [3.05, 3.63) is 27.8 Å². The van der Waals surface area contributed by atoms with Crippen molar-refractivity contribution in [2.24, 2.45) is 0 Å². The number of hydrogen-bond acceptors (Lipinski definition) is 6. The lowest BCUT2D eigenvalue weighted by Crippen LogP contribution is -2.17. The number of benzene rings is 1. The highest BCUT2D eigenvalue weighted by Gasteiger charge is 2.27. The van der Waals surface area contributed by atoms with E-state index < -0.39 is 10.9 Å². The second-order valence-electron chi connectivity index (χ2n) is 3.50. The molecule has 1 aromatic rings. The molecule has 0 N–H and O–H groups in total. The van der Waals surface area contributed by atoms with Gasteiger partial charge < -0.3 is 14.2 Å². The highest BCUT2D eigenvalue weighted by molar-refractivity contribution is 5.91. The molecule has 2 rings (SSSR count). The van der Waals surface area contributed by atoms with E-state index in [-0.39, 0.29) is 42.6 Å². The van der Waals surface area contributed by atoms with E-state index in [1.54, 1.807) is 6.92 Å². The molecule has 0 saturated heterocycles. The fourth-order valence-corrected chi connectivity index (χ4v) is 1.60. The van der Waals surface area contributed by atoms with Crippen LogP contribution in [-0.2, 0) is 4.74 Å². The number of ether oxygens (including phenoxy) is 3. The van der Waals surface area contributed by atoms with Crippen molar-refractivity contribution in [1.82, 2.24) is 0 Å². The Morgan fingerprint density at radius 3 is 2.83 bits per heavy atom. The van der Waals surface area contributed by atoms with Gasteiger partial charge in [0.25, 0.3) is 0 Å². The first-order chi connectivity index (χ1) is 8.63. The van der Waals surface area contributed by atoms with Gasteiger partial charge >= 0.3 is 11.7 Å². The van der Waals surface area contributed by atoms with Crippen LogP contribution in [0.4, 0.5) is 5.69 Å². The summed E-state index contributed by atoms with van der Waals surface area (Å²) in [6, 6.07) is 2.52. The maximum atomic E-state index is 11.6. The Morgan fingerprint density at radius 1 is 1.44 bits per heavy atom. The number of nitro groups is 1. The highest BCUT2D eigenvalue weighted by Crippen LogP contribution is 2.40. The average Bonchev–Trinajstić information content (AvgIpc) is 2.37. The van der Waals surface area contributed by atoms with Crippen LogP contribution in [0.2, 0.25) is 0 Å². The first-order valence-electron chi connectivity index (χ1n) is 5.38. The Morgan fingerprint density at radius 2 is 2.17 bits per heavy atom. The number of esters is 1. The van der Waals surface area contributed by atoms with Gasteiger partial charge in [-0.1, -0.05) is 0 Å². The van der Waals surface area contributed by atoms with Crippen LogP contribution >= 0.6 is 0 Å². The Labute approximate surface area is 102 Å².